The number of aromatic amines is 1. The first-order valence-electron chi connectivity index (χ1n) is 6.30. The summed E-state index contributed by atoms with van der Waals surface area (Å²) >= 11 is 0. The van der Waals surface area contributed by atoms with E-state index in [0.29, 0.717) is 0 Å². The first kappa shape index (κ1) is 15.0. The number of hydrogen-bond acceptors (Lipinski definition) is 8. The molecule has 11 nitrogen and oxygen atoms in total. The topological polar surface area (TPSA) is 166 Å². The number of nitrogens with zero attached hydrogens (tertiary/aromatic N) is 3. The van der Waals surface area contributed by atoms with E-state index in [1.54, 1.807) is 0 Å². The average molecular weight is 330 g/mol. The molecule has 1 aliphatic heterocycles. The van der Waals surface area contributed by atoms with Crippen molar-refractivity contribution < 1.29 is 23.8 Å². The van der Waals surface area contributed by atoms with Crippen LogP contribution in [0, 0.1) is 0 Å². The van der Waals surface area contributed by atoms with Crippen molar-refractivity contribution in [1.29, 1.82) is 0 Å². The highest BCUT2D eigenvalue weighted by Gasteiger charge is 2.38. The first-order valence-corrected chi connectivity index (χ1v) is 7.43. The van der Waals surface area contributed by atoms with Gasteiger partial charge in [0.2, 0.25) is 5.95 Å². The Labute approximate surface area is 123 Å². The van der Waals surface area contributed by atoms with Crippen molar-refractivity contribution in [2.75, 3.05) is 12.3 Å². The van der Waals surface area contributed by atoms with E-state index in [0.717, 1.165) is 0 Å². The number of nitrogens with two attached hydrogens (primary N) is 1. The highest BCUT2D eigenvalue weighted by atomic mass is 31.1. The highest BCUT2D eigenvalue weighted by molar-refractivity contribution is 7.32. The van der Waals surface area contributed by atoms with Crippen LogP contribution in [0.4, 0.5) is 5.95 Å². The third-order valence-corrected chi connectivity index (χ3v) is 3.68. The number of hydrogen-bond donors (Lipinski definition) is 4. The zero-order valence-corrected chi connectivity index (χ0v) is 12.0. The Morgan fingerprint density at radius 3 is 3.14 bits per heavy atom. The number of imidazole rings is 1. The van der Waals surface area contributed by atoms with Gasteiger partial charge in [-0.25, -0.2) is 4.98 Å². The van der Waals surface area contributed by atoms with Crippen LogP contribution in [-0.4, -0.2) is 48.3 Å². The van der Waals surface area contributed by atoms with Gasteiger partial charge >= 0.3 is 8.25 Å². The molecule has 0 amide bonds. The molecule has 3 heterocycles. The van der Waals surface area contributed by atoms with Crippen LogP contribution in [0.15, 0.2) is 11.1 Å². The Balaban J connectivity index is 1.86. The molecule has 1 aliphatic rings. The van der Waals surface area contributed by atoms with Crippen LogP contribution in [0.2, 0.25) is 0 Å². The van der Waals surface area contributed by atoms with Gasteiger partial charge in [0.05, 0.1) is 12.4 Å². The molecule has 5 N–H and O–H groups in total. The van der Waals surface area contributed by atoms with Gasteiger partial charge in [0.25, 0.3) is 5.56 Å². The number of anilines is 1. The quantitative estimate of drug-likeness (QED) is 0.515. The van der Waals surface area contributed by atoms with E-state index in [1.807, 2.05) is 0 Å². The Bertz CT molecular complexity index is 775. The Morgan fingerprint density at radius 2 is 2.41 bits per heavy atom. The molecule has 3 rings (SSSR count). The van der Waals surface area contributed by atoms with E-state index in [-0.39, 0.29) is 30.1 Å². The molecule has 4 atom stereocenters. The lowest BCUT2D eigenvalue weighted by atomic mass is 10.2. The fourth-order valence-corrected chi connectivity index (χ4v) is 2.60. The van der Waals surface area contributed by atoms with Crippen LogP contribution in [-0.2, 0) is 13.8 Å². The maximum Gasteiger partial charge on any atom is 0.694 e. The van der Waals surface area contributed by atoms with Gasteiger partial charge in [0.1, 0.15) is 18.9 Å². The summed E-state index contributed by atoms with van der Waals surface area (Å²) in [6.07, 6.45) is -0.751. The number of aliphatic hydroxyl groups is 1. The van der Waals surface area contributed by atoms with Gasteiger partial charge in [-0.05, 0) is 0 Å². The Kier molecular flexibility index (Phi) is 3.89. The number of nitrogens with one attached hydrogen (secondary N) is 1. The molecule has 0 bridgehead atoms. The molecule has 0 spiro atoms. The fourth-order valence-electron chi connectivity index (χ4n) is 2.33. The van der Waals surface area contributed by atoms with Gasteiger partial charge in [0, 0.05) is 11.0 Å². The zero-order valence-electron chi connectivity index (χ0n) is 11.1. The molecule has 0 radical (unpaired) electrons. The Morgan fingerprint density at radius 1 is 1.64 bits per heavy atom. The molecule has 118 valence electrons. The Hall–Kier alpha value is -1.91. The minimum Gasteiger partial charge on any atom is -0.390 e. The zero-order chi connectivity index (χ0) is 15.9. The molecule has 2 aromatic rings. The number of aliphatic hydroxyl groups excluding tert-OH is 1. The molecule has 1 fully saturated rings. The van der Waals surface area contributed by atoms with Gasteiger partial charge in [-0.15, -0.1) is 9.42 Å². The summed E-state index contributed by atoms with van der Waals surface area (Å²) < 4.78 is 22.1. The van der Waals surface area contributed by atoms with Crippen LogP contribution in [0.5, 0.6) is 0 Å². The number of rotatable bonds is 4. The van der Waals surface area contributed by atoms with Crippen molar-refractivity contribution in [3.63, 3.8) is 0 Å². The first-order chi connectivity index (χ1) is 10.5. The van der Waals surface area contributed by atoms with Crippen molar-refractivity contribution >= 4 is 25.4 Å². The summed E-state index contributed by atoms with van der Waals surface area (Å²) in [7, 11) is -2.77. The summed E-state index contributed by atoms with van der Waals surface area (Å²) in [4.78, 5) is 30.6. The van der Waals surface area contributed by atoms with E-state index in [2.05, 4.69) is 19.5 Å². The normalized spacial score (nSPS) is 25.7. The minimum absolute atomic E-state index is 0.0602. The minimum atomic E-state index is -2.77. The van der Waals surface area contributed by atoms with E-state index in [9.17, 15) is 14.5 Å². The lowest BCUT2D eigenvalue weighted by Gasteiger charge is -2.13. The summed E-state index contributed by atoms with van der Waals surface area (Å²) in [5.74, 6) is -0.0602. The van der Waals surface area contributed by atoms with Gasteiger partial charge in [-0.3, -0.25) is 14.3 Å². The highest BCUT2D eigenvalue weighted by Crippen LogP contribution is 2.31. The molecule has 1 unspecified atom stereocenters. The predicted octanol–water partition coefficient (Wildman–Crippen LogP) is -0.984. The molecule has 22 heavy (non-hydrogen) atoms. The molecule has 12 heteroatoms. The van der Waals surface area contributed by atoms with E-state index in [1.165, 1.54) is 10.9 Å². The average Bonchev–Trinajstić information content (AvgIpc) is 3.00. The number of aromatic nitrogens is 4. The van der Waals surface area contributed by atoms with Crippen molar-refractivity contribution in [2.45, 2.75) is 24.9 Å². The number of nitrogen functional groups attached to an aromatic ring is 1. The van der Waals surface area contributed by atoms with E-state index < -0.39 is 32.2 Å². The van der Waals surface area contributed by atoms with Gasteiger partial charge < -0.3 is 15.6 Å². The summed E-state index contributed by atoms with van der Waals surface area (Å²) in [6, 6.07) is 0. The van der Waals surface area contributed by atoms with Gasteiger partial charge in [0.15, 0.2) is 11.2 Å². The summed E-state index contributed by atoms with van der Waals surface area (Å²) in [6.45, 7) is -0.230. The van der Waals surface area contributed by atoms with Crippen molar-refractivity contribution in [2.24, 2.45) is 0 Å². The van der Waals surface area contributed by atoms with Crippen LogP contribution in [0.3, 0.4) is 0 Å². The third kappa shape index (κ3) is 2.72. The second-order valence-electron chi connectivity index (χ2n) is 4.74. The van der Waals surface area contributed by atoms with Gasteiger partial charge in [-0.2, -0.15) is 4.98 Å². The van der Waals surface area contributed by atoms with Crippen LogP contribution in [0.1, 0.15) is 12.6 Å². The molecule has 1 saturated heterocycles. The van der Waals surface area contributed by atoms with E-state index >= 15 is 0 Å². The van der Waals surface area contributed by atoms with Crippen molar-refractivity contribution in [1.82, 2.24) is 19.5 Å². The monoisotopic (exact) mass is 330 g/mol. The standard InChI is InChI=1S/C10H12N5O6P/c11-10-13-8-7(9(17)14-10)12-3-15(8)6-1-4(16)5(21-6)2-20-22(18)19/h3-6,16H,1-2H2,(H3-,11,13,14,17,18,19)/p+1/t4-,5+,6+/m0/s1. The fraction of sp³-hybridized carbons (Fsp3) is 0.500. The maximum absolute atomic E-state index is 11.7. The van der Waals surface area contributed by atoms with Crippen molar-refractivity contribution in [3.05, 3.63) is 16.7 Å². The summed E-state index contributed by atoms with van der Waals surface area (Å²) in [5.41, 5.74) is 5.37. The van der Waals surface area contributed by atoms with E-state index in [4.69, 9.17) is 15.4 Å². The molecular weight excluding hydrogens is 317 g/mol. The van der Waals surface area contributed by atoms with Crippen LogP contribution < -0.4 is 11.3 Å². The smallest absolute Gasteiger partial charge is 0.390 e. The second kappa shape index (κ2) is 5.71. The maximum atomic E-state index is 11.7. The molecule has 0 aromatic carbocycles. The lowest BCUT2D eigenvalue weighted by Crippen LogP contribution is -2.25. The lowest BCUT2D eigenvalue weighted by molar-refractivity contribution is -0.0384. The largest absolute Gasteiger partial charge is 0.694 e. The second-order valence-corrected chi connectivity index (χ2v) is 5.47. The van der Waals surface area contributed by atoms with Crippen LogP contribution in [0.25, 0.3) is 11.2 Å². The molecule has 0 saturated carbocycles. The third-order valence-electron chi connectivity index (χ3n) is 3.31. The molecule has 0 aliphatic carbocycles. The number of H-pyrrole nitrogens is 1. The molecular formula is C10H13N5O6P+. The SMILES string of the molecule is Nc1nc2c(ncn2[C@H]2C[C@H](O)[C@@H](CO[P+](=O)O)O2)c(=O)[nH]1. The van der Waals surface area contributed by atoms with Gasteiger partial charge in [-0.1, -0.05) is 0 Å². The number of ether oxygens (including phenoxy) is 1. The predicted molar refractivity (Wildman–Crippen MR) is 72.9 cm³/mol. The number of fused-ring (bicyclic) bond motifs is 1. The summed E-state index contributed by atoms with van der Waals surface area (Å²) in [5, 5.41) is 9.92. The van der Waals surface area contributed by atoms with Crippen LogP contribution >= 0.6 is 8.25 Å². The van der Waals surface area contributed by atoms with Crippen molar-refractivity contribution in [3.8, 4) is 0 Å². The molecule has 2 aromatic heterocycles.